The smallest absolute Gasteiger partial charge is 0.333 e. The zero-order chi connectivity index (χ0) is 11.8. The fourth-order valence-electron chi connectivity index (χ4n) is 0.961. The Balaban J connectivity index is 4.30. The van der Waals surface area contributed by atoms with Gasteiger partial charge in [-0.25, -0.2) is 0 Å². The average molecular weight is 213 g/mol. The molecule has 0 radical (unpaired) electrons. The van der Waals surface area contributed by atoms with Crippen molar-refractivity contribution in [3.05, 3.63) is 0 Å². The van der Waals surface area contributed by atoms with Gasteiger partial charge in [-0.3, -0.25) is 9.59 Å². The molecule has 0 saturated heterocycles. The Morgan fingerprint density at radius 2 is 2.00 bits per heavy atom. The molecule has 0 bridgehead atoms. The topological polar surface area (TPSA) is 76.4 Å². The summed E-state index contributed by atoms with van der Waals surface area (Å²) in [5.41, 5.74) is 0. The summed E-state index contributed by atoms with van der Waals surface area (Å²) < 4.78 is 9.72. The van der Waals surface area contributed by atoms with Gasteiger partial charge >= 0.3 is 5.97 Å². The van der Waals surface area contributed by atoms with Gasteiger partial charge in [-0.05, 0) is 13.8 Å². The highest BCUT2D eigenvalue weighted by atomic mass is 16.7. The number of hydrogen-bond acceptors (Lipinski definition) is 5. The fourth-order valence-corrected chi connectivity index (χ4v) is 0.961. The number of esters is 1. The van der Waals surface area contributed by atoms with Crippen LogP contribution in [-0.2, 0) is 19.1 Å². The third kappa shape index (κ3) is 4.56. The molecule has 5 heteroatoms. The molecule has 0 rings (SSSR count). The monoisotopic (exact) mass is 213 g/mol. The Morgan fingerprint density at radius 1 is 1.40 bits per heavy atom. The van der Waals surface area contributed by atoms with Gasteiger partial charge in [-0.1, -0.05) is 6.92 Å². The minimum absolute atomic E-state index is 0.135. The minimum atomic E-state index is -1.34. The van der Waals surface area contributed by atoms with E-state index in [1.54, 1.807) is 19.9 Å². The predicted molar refractivity (Wildman–Crippen MR) is 51.6 cm³/mol. The average Bonchev–Trinajstić information content (AvgIpc) is 2.18. The molecule has 0 saturated carbocycles. The van der Waals surface area contributed by atoms with E-state index in [0.29, 0.717) is 6.61 Å². The number of ketones is 1. The second-order valence-electron chi connectivity index (χ2n) is 2.84. The van der Waals surface area contributed by atoms with Crippen molar-refractivity contribution in [3.63, 3.8) is 0 Å². The standard InChI is InChI=1S/C10H15NO4/c1-4-9(12)8(6-11)10(13)15-7(3)14-5-2/h7-8H,4-5H2,1-3H3. The van der Waals surface area contributed by atoms with Crippen LogP contribution in [0.3, 0.4) is 0 Å². The Hall–Kier alpha value is -1.41. The first-order valence-corrected chi connectivity index (χ1v) is 4.81. The van der Waals surface area contributed by atoms with Crippen molar-refractivity contribution >= 4 is 11.8 Å². The van der Waals surface area contributed by atoms with Gasteiger partial charge in [0.25, 0.3) is 0 Å². The second kappa shape index (κ2) is 6.96. The molecular weight excluding hydrogens is 198 g/mol. The van der Waals surface area contributed by atoms with Crippen molar-refractivity contribution in [2.75, 3.05) is 6.61 Å². The zero-order valence-corrected chi connectivity index (χ0v) is 9.15. The van der Waals surface area contributed by atoms with Crippen LogP contribution in [0.5, 0.6) is 0 Å². The highest BCUT2D eigenvalue weighted by Gasteiger charge is 2.27. The normalized spacial score (nSPS) is 13.7. The van der Waals surface area contributed by atoms with E-state index in [9.17, 15) is 9.59 Å². The van der Waals surface area contributed by atoms with Crippen molar-refractivity contribution in [1.29, 1.82) is 5.26 Å². The van der Waals surface area contributed by atoms with Crippen LogP contribution >= 0.6 is 0 Å². The zero-order valence-electron chi connectivity index (χ0n) is 9.15. The van der Waals surface area contributed by atoms with Crippen LogP contribution in [0.25, 0.3) is 0 Å². The molecule has 0 fully saturated rings. The SMILES string of the molecule is CCOC(C)OC(=O)C(C#N)C(=O)CC. The van der Waals surface area contributed by atoms with Gasteiger partial charge in [0.1, 0.15) is 0 Å². The molecule has 2 atom stereocenters. The maximum atomic E-state index is 11.3. The fraction of sp³-hybridized carbons (Fsp3) is 0.700. The van der Waals surface area contributed by atoms with Gasteiger partial charge < -0.3 is 9.47 Å². The molecule has 15 heavy (non-hydrogen) atoms. The van der Waals surface area contributed by atoms with Crippen LogP contribution < -0.4 is 0 Å². The Labute approximate surface area is 89.0 Å². The third-order valence-electron chi connectivity index (χ3n) is 1.72. The van der Waals surface area contributed by atoms with E-state index < -0.39 is 24.0 Å². The van der Waals surface area contributed by atoms with Crippen molar-refractivity contribution in [1.82, 2.24) is 0 Å². The maximum Gasteiger partial charge on any atom is 0.333 e. The maximum absolute atomic E-state index is 11.3. The lowest BCUT2D eigenvalue weighted by molar-refractivity contribution is -0.177. The van der Waals surface area contributed by atoms with Gasteiger partial charge in [-0.2, -0.15) is 5.26 Å². The number of rotatable bonds is 6. The van der Waals surface area contributed by atoms with Crippen molar-refractivity contribution < 1.29 is 19.1 Å². The van der Waals surface area contributed by atoms with Crippen LogP contribution in [0.15, 0.2) is 0 Å². The van der Waals surface area contributed by atoms with E-state index in [1.165, 1.54) is 6.92 Å². The number of ether oxygens (including phenoxy) is 2. The molecule has 0 aliphatic heterocycles. The lowest BCUT2D eigenvalue weighted by atomic mass is 10.0. The molecule has 5 nitrogen and oxygen atoms in total. The van der Waals surface area contributed by atoms with Gasteiger partial charge in [0.2, 0.25) is 5.92 Å². The summed E-state index contributed by atoms with van der Waals surface area (Å²) in [5, 5.41) is 8.63. The van der Waals surface area contributed by atoms with Crippen LogP contribution in [0, 0.1) is 17.2 Å². The largest absolute Gasteiger partial charge is 0.435 e. The summed E-state index contributed by atoms with van der Waals surface area (Å²) in [6.45, 7) is 5.27. The van der Waals surface area contributed by atoms with Crippen LogP contribution in [0.4, 0.5) is 0 Å². The Kier molecular flexibility index (Phi) is 6.30. The summed E-state index contributed by atoms with van der Waals surface area (Å²) in [6, 6.07) is 1.62. The Morgan fingerprint density at radius 3 is 2.40 bits per heavy atom. The van der Waals surface area contributed by atoms with Gasteiger partial charge in [0, 0.05) is 13.0 Å². The van der Waals surface area contributed by atoms with Gasteiger partial charge in [0.05, 0.1) is 6.07 Å². The molecule has 0 amide bonds. The highest BCUT2D eigenvalue weighted by molar-refractivity contribution is 6.01. The molecule has 0 aromatic heterocycles. The van der Waals surface area contributed by atoms with Crippen molar-refractivity contribution in [2.24, 2.45) is 5.92 Å². The summed E-state index contributed by atoms with van der Waals surface area (Å²) in [7, 11) is 0. The molecule has 0 aliphatic carbocycles. The first-order chi connectivity index (χ1) is 7.06. The van der Waals surface area contributed by atoms with Crippen LogP contribution in [0.2, 0.25) is 0 Å². The van der Waals surface area contributed by atoms with E-state index in [2.05, 4.69) is 0 Å². The second-order valence-corrected chi connectivity index (χ2v) is 2.84. The van der Waals surface area contributed by atoms with Gasteiger partial charge in [0.15, 0.2) is 12.1 Å². The predicted octanol–water partition coefficient (Wildman–Crippen LogP) is 1.03. The number of hydrogen-bond donors (Lipinski definition) is 0. The van der Waals surface area contributed by atoms with E-state index in [-0.39, 0.29) is 6.42 Å². The lowest BCUT2D eigenvalue weighted by Crippen LogP contribution is -2.28. The number of carbonyl (C=O) groups excluding carboxylic acids is 2. The van der Waals surface area contributed by atoms with E-state index in [0.717, 1.165) is 0 Å². The van der Waals surface area contributed by atoms with Crippen molar-refractivity contribution in [3.8, 4) is 6.07 Å². The quantitative estimate of drug-likeness (QED) is 0.374. The first kappa shape index (κ1) is 13.6. The van der Waals surface area contributed by atoms with E-state index in [4.69, 9.17) is 14.7 Å². The number of nitrogens with zero attached hydrogens (tertiary/aromatic N) is 1. The van der Waals surface area contributed by atoms with E-state index in [1.807, 2.05) is 0 Å². The summed E-state index contributed by atoms with van der Waals surface area (Å²) in [5.74, 6) is -2.62. The summed E-state index contributed by atoms with van der Waals surface area (Å²) >= 11 is 0. The summed E-state index contributed by atoms with van der Waals surface area (Å²) in [4.78, 5) is 22.5. The van der Waals surface area contributed by atoms with Crippen LogP contribution in [-0.4, -0.2) is 24.6 Å². The lowest BCUT2D eigenvalue weighted by Gasteiger charge is -2.14. The van der Waals surface area contributed by atoms with Gasteiger partial charge in [-0.15, -0.1) is 0 Å². The molecule has 0 heterocycles. The number of nitriles is 1. The minimum Gasteiger partial charge on any atom is -0.435 e. The molecule has 0 aliphatic rings. The number of carbonyl (C=O) groups is 2. The molecule has 2 unspecified atom stereocenters. The molecule has 0 aromatic rings. The summed E-state index contributed by atoms with van der Waals surface area (Å²) in [6.07, 6.45) is -0.598. The molecule has 84 valence electrons. The van der Waals surface area contributed by atoms with E-state index >= 15 is 0 Å². The van der Waals surface area contributed by atoms with Crippen LogP contribution in [0.1, 0.15) is 27.2 Å². The molecular formula is C10H15NO4. The Bertz CT molecular complexity index is 269. The third-order valence-corrected chi connectivity index (χ3v) is 1.72. The number of Topliss-reactive ketones (excluding diaryl/α,β-unsaturated/α-hetero) is 1. The molecule has 0 N–H and O–H groups in total. The van der Waals surface area contributed by atoms with Crippen molar-refractivity contribution in [2.45, 2.75) is 33.5 Å². The molecule has 0 aromatic carbocycles. The first-order valence-electron chi connectivity index (χ1n) is 4.81. The molecule has 0 spiro atoms. The highest BCUT2D eigenvalue weighted by Crippen LogP contribution is 2.06.